The molecular formula is C26H25PS4W-2. The van der Waals surface area contributed by atoms with Gasteiger partial charge in [-0.3, -0.25) is 0 Å². The number of hydrogen-bond acceptors (Lipinski definition) is 4. The van der Waals surface area contributed by atoms with E-state index in [9.17, 15) is 0 Å². The molecule has 0 atom stereocenters. The van der Waals surface area contributed by atoms with E-state index in [0.29, 0.717) is 0 Å². The molecule has 6 heteroatoms. The minimum atomic E-state index is -3.23. The van der Waals surface area contributed by atoms with Crippen LogP contribution in [0.15, 0.2) is 121 Å². The van der Waals surface area contributed by atoms with E-state index in [4.69, 9.17) is 12.2 Å². The van der Waals surface area contributed by atoms with Crippen LogP contribution in [0.25, 0.3) is 0 Å². The number of benzene rings is 4. The Morgan fingerprint density at radius 1 is 0.562 bits per heavy atom. The summed E-state index contributed by atoms with van der Waals surface area (Å²) in [6.45, 7) is 1.94. The van der Waals surface area contributed by atoms with Crippen molar-refractivity contribution < 1.29 is 14.9 Å². The molecule has 0 saturated carbocycles. The Hall–Kier alpha value is -0.862. The fourth-order valence-corrected chi connectivity index (χ4v) is 9.96. The Morgan fingerprint density at radius 3 is 0.875 bits per heavy atom. The van der Waals surface area contributed by atoms with Crippen LogP contribution in [0.1, 0.15) is 6.92 Å². The summed E-state index contributed by atoms with van der Waals surface area (Å²) in [4.78, 5) is 0. The molecule has 0 heterocycles. The molecule has 32 heavy (non-hydrogen) atoms. The quantitative estimate of drug-likeness (QED) is 0.187. The minimum absolute atomic E-state index is 0.583. The topological polar surface area (TPSA) is 0 Å². The fourth-order valence-electron chi connectivity index (χ4n) is 3.74. The van der Waals surface area contributed by atoms with Crippen molar-refractivity contribution in [1.29, 1.82) is 0 Å². The Kier molecular flexibility index (Phi) is 11.8. The summed E-state index contributed by atoms with van der Waals surface area (Å²) in [6, 6.07) is 42.5. The van der Waals surface area contributed by atoms with Crippen molar-refractivity contribution in [1.82, 2.24) is 0 Å². The van der Waals surface area contributed by atoms with Gasteiger partial charge in [0.1, 0.15) is 0 Å². The first kappa shape index (κ1) is 27.4. The third kappa shape index (κ3) is 5.79. The van der Waals surface area contributed by atoms with E-state index in [1.807, 2.05) is 6.92 Å². The molecule has 0 spiro atoms. The van der Waals surface area contributed by atoms with E-state index < -0.39 is 20.7 Å². The Bertz CT molecular complexity index is 932. The molecule has 166 valence electrons. The zero-order valence-electron chi connectivity index (χ0n) is 17.7. The SMILES string of the molecule is CC[S-].[S-]P(c1ccccc1)(c1ccccc1)(c1ccccc1)c1ccccc1.[S]=[W]=[S]. The van der Waals surface area contributed by atoms with E-state index in [2.05, 4.69) is 154 Å². The van der Waals surface area contributed by atoms with Crippen LogP contribution in [0.3, 0.4) is 0 Å². The Labute approximate surface area is 218 Å². The molecule has 0 amide bonds. The summed E-state index contributed by atoms with van der Waals surface area (Å²) in [5, 5.41) is 4.82. The average molecular weight is 681 g/mol. The predicted molar refractivity (Wildman–Crippen MR) is 152 cm³/mol. The Balaban J connectivity index is 0.000000547. The maximum absolute atomic E-state index is 6.86. The summed E-state index contributed by atoms with van der Waals surface area (Å²) < 4.78 is 0. The van der Waals surface area contributed by atoms with Gasteiger partial charge in [0.2, 0.25) is 0 Å². The third-order valence-corrected chi connectivity index (χ3v) is 12.7. The fraction of sp³-hybridized carbons (Fsp3) is 0.0769. The van der Waals surface area contributed by atoms with Crippen LogP contribution in [-0.4, -0.2) is 5.75 Å². The molecule has 4 aromatic rings. The molecule has 0 unspecified atom stereocenters. The van der Waals surface area contributed by atoms with Gasteiger partial charge in [0.05, 0.1) is 0 Å². The molecule has 0 aliphatic carbocycles. The van der Waals surface area contributed by atoms with Crippen LogP contribution in [0.5, 0.6) is 0 Å². The van der Waals surface area contributed by atoms with E-state index >= 15 is 0 Å². The second-order valence-corrected chi connectivity index (χ2v) is 18.6. The van der Waals surface area contributed by atoms with Gasteiger partial charge in [0, 0.05) is 0 Å². The standard InChI is InChI=1S/C24H20PS.C2H6S.2S.W/c26-25(21-13-5-1-6-14-21,22-15-7-2-8-16-22,23-17-9-3-10-18-23)24-19-11-4-12-20-24;1-2-3;;;/h1-20H;3H,2H2,1H3;;;/q-1;;;;/p-1. The zero-order chi connectivity index (χ0) is 23.3. The molecule has 0 nitrogen and oxygen atoms in total. The number of hydrogen-bond donors (Lipinski definition) is 0. The first-order chi connectivity index (χ1) is 15.6. The van der Waals surface area contributed by atoms with Gasteiger partial charge in [0.15, 0.2) is 0 Å². The van der Waals surface area contributed by atoms with Crippen molar-refractivity contribution in [3.63, 3.8) is 0 Å². The maximum atomic E-state index is 6.86. The van der Waals surface area contributed by atoms with E-state index in [-0.39, 0.29) is 0 Å². The average Bonchev–Trinajstić information content (AvgIpc) is 2.87. The van der Waals surface area contributed by atoms with Crippen LogP contribution in [0.4, 0.5) is 0 Å². The van der Waals surface area contributed by atoms with Gasteiger partial charge in [-0.2, -0.15) is 5.75 Å². The molecule has 0 aliphatic rings. The van der Waals surface area contributed by atoms with Crippen LogP contribution in [0, 0.1) is 0 Å². The molecule has 0 aliphatic heterocycles. The normalized spacial score (nSPS) is 11.4. The third-order valence-electron chi connectivity index (χ3n) is 5.00. The van der Waals surface area contributed by atoms with Crippen molar-refractivity contribution in [2.45, 2.75) is 6.92 Å². The first-order valence-electron chi connectivity index (χ1n) is 10.0. The Morgan fingerprint density at radius 2 is 0.719 bits per heavy atom. The molecular weight excluding hydrogens is 655 g/mol. The molecule has 0 bridgehead atoms. The van der Waals surface area contributed by atoms with E-state index in [1.54, 1.807) is 0 Å². The van der Waals surface area contributed by atoms with E-state index in [0.717, 1.165) is 5.75 Å². The van der Waals surface area contributed by atoms with Gasteiger partial charge in [0.25, 0.3) is 0 Å². The molecule has 0 fully saturated rings. The van der Waals surface area contributed by atoms with E-state index in [1.165, 1.54) is 21.2 Å². The van der Waals surface area contributed by atoms with Gasteiger partial charge >= 0.3 is 195 Å². The molecule has 0 radical (unpaired) electrons. The van der Waals surface area contributed by atoms with Crippen LogP contribution in [0.2, 0.25) is 0 Å². The first-order valence-corrected chi connectivity index (χ1v) is 21.7. The summed E-state index contributed by atoms with van der Waals surface area (Å²) in [7, 11) is 8.75. The van der Waals surface area contributed by atoms with Crippen molar-refractivity contribution in [3.05, 3.63) is 121 Å². The van der Waals surface area contributed by atoms with Crippen LogP contribution in [-0.2, 0) is 39.8 Å². The second kappa shape index (κ2) is 13.8. The molecule has 4 rings (SSSR count). The van der Waals surface area contributed by atoms with Gasteiger partial charge in [-0.15, -0.1) is 0 Å². The summed E-state index contributed by atoms with van der Waals surface area (Å²) in [5.41, 5.74) is 0. The van der Waals surface area contributed by atoms with Crippen molar-refractivity contribution in [2.24, 2.45) is 0 Å². The van der Waals surface area contributed by atoms with Crippen molar-refractivity contribution >= 4 is 71.5 Å². The summed E-state index contributed by atoms with van der Waals surface area (Å²) in [6.07, 6.45) is 0. The van der Waals surface area contributed by atoms with Gasteiger partial charge in [-0.25, -0.2) is 0 Å². The van der Waals surface area contributed by atoms with Gasteiger partial charge < -0.3 is 12.6 Å². The van der Waals surface area contributed by atoms with Crippen LogP contribution < -0.4 is 21.2 Å². The van der Waals surface area contributed by atoms with Gasteiger partial charge in [-0.1, -0.05) is 6.92 Å². The van der Waals surface area contributed by atoms with Gasteiger partial charge in [-0.05, 0) is 0 Å². The van der Waals surface area contributed by atoms with Crippen molar-refractivity contribution in [3.8, 4) is 0 Å². The monoisotopic (exact) mass is 680 g/mol. The number of rotatable bonds is 4. The summed E-state index contributed by atoms with van der Waals surface area (Å²) in [5.74, 6) is -2.40. The van der Waals surface area contributed by atoms with Crippen molar-refractivity contribution in [2.75, 3.05) is 5.75 Å². The second-order valence-electron chi connectivity index (χ2n) is 6.73. The zero-order valence-corrected chi connectivity index (χ0v) is 24.8. The van der Waals surface area contributed by atoms with Crippen LogP contribution >= 0.6 is 25.4 Å². The predicted octanol–water partition coefficient (Wildman–Crippen LogP) is 6.15. The molecule has 0 saturated heterocycles. The molecule has 0 aromatic heterocycles. The molecule has 0 N–H and O–H groups in total. The summed E-state index contributed by atoms with van der Waals surface area (Å²) >= 11 is 10.7. The molecule has 4 aromatic carbocycles.